The Labute approximate surface area is 129 Å². The van der Waals surface area contributed by atoms with E-state index in [1.54, 1.807) is 12.1 Å². The number of halogens is 2. The Morgan fingerprint density at radius 3 is 2.67 bits per heavy atom. The highest BCUT2D eigenvalue weighted by Crippen LogP contribution is 2.22. The summed E-state index contributed by atoms with van der Waals surface area (Å²) in [7, 11) is 0. The Kier molecular flexibility index (Phi) is 5.59. The van der Waals surface area contributed by atoms with Crippen molar-refractivity contribution in [1.29, 1.82) is 0 Å². The van der Waals surface area contributed by atoms with Gasteiger partial charge >= 0.3 is 0 Å². The van der Waals surface area contributed by atoms with Crippen LogP contribution < -0.4 is 10.1 Å². The lowest BCUT2D eigenvalue weighted by Gasteiger charge is -2.11. The van der Waals surface area contributed by atoms with E-state index in [1.165, 1.54) is 6.07 Å². The van der Waals surface area contributed by atoms with E-state index in [1.807, 2.05) is 24.3 Å². The summed E-state index contributed by atoms with van der Waals surface area (Å²) in [5, 5.41) is 3.73. The van der Waals surface area contributed by atoms with Gasteiger partial charge in [-0.1, -0.05) is 43.6 Å². The van der Waals surface area contributed by atoms with Gasteiger partial charge in [-0.05, 0) is 29.8 Å². The smallest absolute Gasteiger partial charge is 0.131 e. The number of ether oxygens (including phenoxy) is 1. The summed E-state index contributed by atoms with van der Waals surface area (Å²) in [6, 6.07) is 12.8. The molecule has 0 saturated heterocycles. The fourth-order valence-corrected chi connectivity index (χ4v) is 2.11. The minimum Gasteiger partial charge on any atom is -0.489 e. The third kappa shape index (κ3) is 4.73. The molecular weight excluding hydrogens is 289 g/mol. The second kappa shape index (κ2) is 7.43. The van der Waals surface area contributed by atoms with Crippen LogP contribution in [-0.2, 0) is 13.2 Å². The van der Waals surface area contributed by atoms with E-state index in [-0.39, 0.29) is 12.4 Å². The number of nitrogens with one attached hydrogen (secondary N) is 1. The minimum atomic E-state index is -0.347. The molecule has 0 heterocycles. The lowest BCUT2D eigenvalue weighted by atomic mass is 10.2. The Hall–Kier alpha value is -1.58. The van der Waals surface area contributed by atoms with Crippen LogP contribution in [0.2, 0.25) is 5.02 Å². The van der Waals surface area contributed by atoms with Gasteiger partial charge in [0, 0.05) is 18.2 Å². The zero-order valence-corrected chi connectivity index (χ0v) is 13.0. The highest BCUT2D eigenvalue weighted by atomic mass is 35.5. The van der Waals surface area contributed by atoms with Crippen molar-refractivity contribution < 1.29 is 9.13 Å². The molecule has 4 heteroatoms. The maximum absolute atomic E-state index is 13.7. The van der Waals surface area contributed by atoms with Gasteiger partial charge in [0.2, 0.25) is 0 Å². The molecule has 0 fully saturated rings. The van der Waals surface area contributed by atoms with Gasteiger partial charge in [0.1, 0.15) is 18.2 Å². The zero-order valence-electron chi connectivity index (χ0n) is 12.2. The summed E-state index contributed by atoms with van der Waals surface area (Å²) in [6.45, 7) is 5.09. The number of benzene rings is 2. The van der Waals surface area contributed by atoms with E-state index in [2.05, 4.69) is 19.2 Å². The van der Waals surface area contributed by atoms with Gasteiger partial charge in [0.25, 0.3) is 0 Å². The maximum atomic E-state index is 13.7. The molecule has 0 bridgehead atoms. The summed E-state index contributed by atoms with van der Waals surface area (Å²) in [4.78, 5) is 0. The van der Waals surface area contributed by atoms with Crippen molar-refractivity contribution in [2.24, 2.45) is 0 Å². The standard InChI is InChI=1S/C17H19ClFNO/c1-12(2)20-10-13-5-3-6-14(9-13)21-11-15-16(18)7-4-8-17(15)19/h3-9,12,20H,10-11H2,1-2H3. The normalized spacial score (nSPS) is 10.9. The van der Waals surface area contributed by atoms with Crippen LogP contribution in [0.4, 0.5) is 4.39 Å². The van der Waals surface area contributed by atoms with E-state index in [9.17, 15) is 4.39 Å². The van der Waals surface area contributed by atoms with Crippen molar-refractivity contribution in [2.45, 2.75) is 33.0 Å². The first kappa shape index (κ1) is 15.8. The average molecular weight is 308 g/mol. The van der Waals surface area contributed by atoms with Crippen molar-refractivity contribution in [3.05, 3.63) is 64.4 Å². The fourth-order valence-electron chi connectivity index (χ4n) is 1.89. The first-order valence-electron chi connectivity index (χ1n) is 6.94. The van der Waals surface area contributed by atoms with Crippen molar-refractivity contribution in [2.75, 3.05) is 0 Å². The molecule has 0 radical (unpaired) electrons. The van der Waals surface area contributed by atoms with Crippen LogP contribution in [0, 0.1) is 5.82 Å². The number of rotatable bonds is 6. The van der Waals surface area contributed by atoms with Crippen LogP contribution in [-0.4, -0.2) is 6.04 Å². The SMILES string of the molecule is CC(C)NCc1cccc(OCc2c(F)cccc2Cl)c1. The second-order valence-corrected chi connectivity index (χ2v) is 5.58. The molecule has 112 valence electrons. The van der Waals surface area contributed by atoms with Gasteiger partial charge in [-0.15, -0.1) is 0 Å². The number of hydrogen-bond acceptors (Lipinski definition) is 2. The number of hydrogen-bond donors (Lipinski definition) is 1. The first-order valence-corrected chi connectivity index (χ1v) is 7.32. The first-order chi connectivity index (χ1) is 10.1. The topological polar surface area (TPSA) is 21.3 Å². The highest BCUT2D eigenvalue weighted by Gasteiger charge is 2.07. The van der Waals surface area contributed by atoms with E-state index >= 15 is 0 Å². The van der Waals surface area contributed by atoms with Gasteiger partial charge in [0.15, 0.2) is 0 Å². The van der Waals surface area contributed by atoms with Crippen molar-refractivity contribution in [3.8, 4) is 5.75 Å². The predicted octanol–water partition coefficient (Wildman–Crippen LogP) is 4.56. The van der Waals surface area contributed by atoms with Gasteiger partial charge in [-0.2, -0.15) is 0 Å². The molecule has 2 rings (SSSR count). The molecule has 0 unspecified atom stereocenters. The van der Waals surface area contributed by atoms with Crippen LogP contribution in [0.15, 0.2) is 42.5 Å². The second-order valence-electron chi connectivity index (χ2n) is 5.17. The lowest BCUT2D eigenvalue weighted by molar-refractivity contribution is 0.299. The Morgan fingerprint density at radius 1 is 1.19 bits per heavy atom. The summed E-state index contributed by atoms with van der Waals surface area (Å²) in [6.07, 6.45) is 0. The molecule has 2 aromatic carbocycles. The molecule has 2 nitrogen and oxygen atoms in total. The average Bonchev–Trinajstić information content (AvgIpc) is 2.45. The van der Waals surface area contributed by atoms with Crippen molar-refractivity contribution in [1.82, 2.24) is 5.32 Å². The van der Waals surface area contributed by atoms with Gasteiger partial charge in [-0.25, -0.2) is 4.39 Å². The van der Waals surface area contributed by atoms with Gasteiger partial charge in [0.05, 0.1) is 5.02 Å². The van der Waals surface area contributed by atoms with Crippen LogP contribution in [0.5, 0.6) is 5.75 Å². The Morgan fingerprint density at radius 2 is 1.95 bits per heavy atom. The molecule has 0 aliphatic heterocycles. The maximum Gasteiger partial charge on any atom is 0.131 e. The van der Waals surface area contributed by atoms with E-state index in [0.717, 1.165) is 12.1 Å². The highest BCUT2D eigenvalue weighted by molar-refractivity contribution is 6.31. The minimum absolute atomic E-state index is 0.118. The van der Waals surface area contributed by atoms with Crippen LogP contribution >= 0.6 is 11.6 Å². The van der Waals surface area contributed by atoms with E-state index in [4.69, 9.17) is 16.3 Å². The molecule has 0 amide bonds. The molecular formula is C17H19ClFNO. The summed E-state index contributed by atoms with van der Waals surface area (Å²) in [5.74, 6) is 0.359. The van der Waals surface area contributed by atoms with Crippen molar-refractivity contribution >= 4 is 11.6 Å². The molecule has 0 aromatic heterocycles. The van der Waals surface area contributed by atoms with Crippen molar-refractivity contribution in [3.63, 3.8) is 0 Å². The Bertz CT molecular complexity index is 581. The molecule has 0 atom stereocenters. The molecule has 21 heavy (non-hydrogen) atoms. The lowest BCUT2D eigenvalue weighted by Crippen LogP contribution is -2.21. The zero-order chi connectivity index (χ0) is 15.2. The summed E-state index contributed by atoms with van der Waals surface area (Å²) < 4.78 is 19.3. The van der Waals surface area contributed by atoms with Gasteiger partial charge in [-0.3, -0.25) is 0 Å². The quantitative estimate of drug-likeness (QED) is 0.845. The molecule has 2 aromatic rings. The van der Waals surface area contributed by atoms with Crippen LogP contribution in [0.3, 0.4) is 0 Å². The summed E-state index contributed by atoms with van der Waals surface area (Å²) >= 11 is 5.98. The van der Waals surface area contributed by atoms with E-state index < -0.39 is 0 Å². The van der Waals surface area contributed by atoms with Gasteiger partial charge < -0.3 is 10.1 Å². The monoisotopic (exact) mass is 307 g/mol. The predicted molar refractivity (Wildman–Crippen MR) is 84.2 cm³/mol. The fraction of sp³-hybridized carbons (Fsp3) is 0.294. The molecule has 0 aliphatic rings. The largest absolute Gasteiger partial charge is 0.489 e. The third-order valence-corrected chi connectivity index (χ3v) is 3.41. The van der Waals surface area contributed by atoms with Crippen LogP contribution in [0.1, 0.15) is 25.0 Å². The molecule has 0 spiro atoms. The molecule has 0 saturated carbocycles. The molecule has 1 N–H and O–H groups in total. The van der Waals surface area contributed by atoms with Crippen LogP contribution in [0.25, 0.3) is 0 Å². The molecule has 0 aliphatic carbocycles. The van der Waals surface area contributed by atoms with E-state index in [0.29, 0.717) is 22.4 Å². The Balaban J connectivity index is 2.01. The summed E-state index contributed by atoms with van der Waals surface area (Å²) in [5.41, 5.74) is 1.51. The third-order valence-electron chi connectivity index (χ3n) is 3.06.